The number of amides is 4. The minimum Gasteiger partial charge on any atom is -0.451 e. The second kappa shape index (κ2) is 10.4. The number of hydrogen-bond acceptors (Lipinski definition) is 6. The molecule has 1 aliphatic heterocycles. The number of hydrogen-bond donors (Lipinski definition) is 2. The third kappa shape index (κ3) is 5.84. The van der Waals surface area contributed by atoms with Crippen molar-refractivity contribution in [1.82, 2.24) is 10.6 Å². The number of ether oxygens (including phenoxy) is 1. The van der Waals surface area contributed by atoms with Crippen LogP contribution in [0.4, 0.5) is 28.0 Å². The molecule has 0 saturated heterocycles. The highest BCUT2D eigenvalue weighted by molar-refractivity contribution is 6.38. The van der Waals surface area contributed by atoms with Gasteiger partial charge in [-0.25, -0.2) is 27.2 Å². The number of nitrogens with one attached hydrogen (secondary N) is 2. The highest BCUT2D eigenvalue weighted by atomic mass is 19.2. The summed E-state index contributed by atoms with van der Waals surface area (Å²) in [4.78, 5) is 47.9. The highest BCUT2D eigenvalue weighted by Gasteiger charge is 2.33. The monoisotopic (exact) mass is 472 g/mol. The zero-order valence-electron chi connectivity index (χ0n) is 17.3. The first-order valence-corrected chi connectivity index (χ1v) is 10.2. The zero-order valence-corrected chi connectivity index (χ0v) is 17.3. The first kappa shape index (κ1) is 24.1. The molecular formula is C20H20F4N4O5. The molecule has 33 heavy (non-hydrogen) atoms. The lowest BCUT2D eigenvalue weighted by atomic mass is 9.96. The SMILES string of the molecule is O=C(COC(=O)C1=NN(c2c(F)c(F)cc(F)c2F)C(=O)CC1)NC(=O)NC1CCCCC1. The van der Waals surface area contributed by atoms with Gasteiger partial charge in [-0.2, -0.15) is 10.1 Å². The fourth-order valence-electron chi connectivity index (χ4n) is 3.47. The van der Waals surface area contributed by atoms with Gasteiger partial charge in [-0.15, -0.1) is 0 Å². The molecule has 1 aromatic carbocycles. The summed E-state index contributed by atoms with van der Waals surface area (Å²) in [6.07, 6.45) is 3.82. The Hall–Kier alpha value is -3.51. The number of carbonyl (C=O) groups excluding carboxylic acids is 4. The molecule has 0 aromatic heterocycles. The second-order valence-corrected chi connectivity index (χ2v) is 7.50. The lowest BCUT2D eigenvalue weighted by Gasteiger charge is -2.23. The zero-order chi connectivity index (χ0) is 24.1. The van der Waals surface area contributed by atoms with E-state index in [1.807, 2.05) is 5.32 Å². The highest BCUT2D eigenvalue weighted by Crippen LogP contribution is 2.30. The summed E-state index contributed by atoms with van der Waals surface area (Å²) in [5.41, 5.74) is -1.93. The van der Waals surface area contributed by atoms with Crippen molar-refractivity contribution in [3.8, 4) is 0 Å². The molecule has 178 valence electrons. The van der Waals surface area contributed by atoms with Crippen LogP contribution in [0, 0.1) is 23.3 Å². The van der Waals surface area contributed by atoms with E-state index in [9.17, 15) is 36.7 Å². The summed E-state index contributed by atoms with van der Waals surface area (Å²) in [5.74, 6) is -10.4. The fourth-order valence-corrected chi connectivity index (χ4v) is 3.47. The molecule has 1 fully saturated rings. The maximum absolute atomic E-state index is 14.0. The van der Waals surface area contributed by atoms with Crippen molar-refractivity contribution in [2.24, 2.45) is 5.10 Å². The molecule has 3 rings (SSSR count). The molecule has 4 amide bonds. The van der Waals surface area contributed by atoms with E-state index in [1.54, 1.807) is 0 Å². The molecule has 2 aliphatic rings. The van der Waals surface area contributed by atoms with Crippen LogP contribution in [0.2, 0.25) is 0 Å². The number of imide groups is 1. The van der Waals surface area contributed by atoms with Gasteiger partial charge in [-0.05, 0) is 12.8 Å². The van der Waals surface area contributed by atoms with Crippen molar-refractivity contribution in [2.75, 3.05) is 11.6 Å². The van der Waals surface area contributed by atoms with Gasteiger partial charge in [0.05, 0.1) is 0 Å². The van der Waals surface area contributed by atoms with E-state index >= 15 is 0 Å². The van der Waals surface area contributed by atoms with E-state index in [0.717, 1.165) is 32.1 Å². The average molecular weight is 472 g/mol. The lowest BCUT2D eigenvalue weighted by molar-refractivity contribution is -0.142. The van der Waals surface area contributed by atoms with Crippen molar-refractivity contribution in [3.63, 3.8) is 0 Å². The van der Waals surface area contributed by atoms with Crippen LogP contribution in [0.1, 0.15) is 44.9 Å². The molecule has 2 N–H and O–H groups in total. The molecule has 0 bridgehead atoms. The Morgan fingerprint density at radius 2 is 1.67 bits per heavy atom. The van der Waals surface area contributed by atoms with Gasteiger partial charge < -0.3 is 10.1 Å². The van der Waals surface area contributed by atoms with Crippen LogP contribution < -0.4 is 15.6 Å². The normalized spacial score (nSPS) is 16.8. The number of esters is 1. The fraction of sp³-hybridized carbons (Fsp3) is 0.450. The van der Waals surface area contributed by atoms with Crippen LogP contribution in [0.15, 0.2) is 11.2 Å². The predicted molar refractivity (Wildman–Crippen MR) is 105 cm³/mol. The summed E-state index contributed by atoms with van der Waals surface area (Å²) in [6, 6.07) is -0.832. The van der Waals surface area contributed by atoms with Crippen molar-refractivity contribution < 1.29 is 41.5 Å². The summed E-state index contributed by atoms with van der Waals surface area (Å²) >= 11 is 0. The number of nitrogens with zero attached hydrogens (tertiary/aromatic N) is 2. The standard InChI is InChI=1S/C20H20F4N4O5/c21-11-8-12(22)17(24)18(16(11)23)28-15(30)7-6-13(27-28)19(31)33-9-14(29)26-20(32)25-10-4-2-1-3-5-10/h8,10H,1-7,9H2,(H2,25,26,29,32). The largest absolute Gasteiger partial charge is 0.451 e. The smallest absolute Gasteiger partial charge is 0.355 e. The topological polar surface area (TPSA) is 117 Å². The van der Waals surface area contributed by atoms with Gasteiger partial charge in [-0.1, -0.05) is 19.3 Å². The number of carbonyl (C=O) groups is 4. The van der Waals surface area contributed by atoms with E-state index in [0.29, 0.717) is 0 Å². The maximum Gasteiger partial charge on any atom is 0.355 e. The lowest BCUT2D eigenvalue weighted by Crippen LogP contribution is -2.46. The minimum absolute atomic E-state index is 0.0363. The molecule has 1 aliphatic carbocycles. The molecule has 0 radical (unpaired) electrons. The Bertz CT molecular complexity index is 984. The second-order valence-electron chi connectivity index (χ2n) is 7.50. The van der Waals surface area contributed by atoms with Gasteiger partial charge in [0.1, 0.15) is 11.4 Å². The van der Waals surface area contributed by atoms with Crippen molar-refractivity contribution in [1.29, 1.82) is 0 Å². The van der Waals surface area contributed by atoms with Crippen molar-refractivity contribution in [2.45, 2.75) is 51.0 Å². The number of halogens is 4. The van der Waals surface area contributed by atoms with Crippen LogP contribution in [0.3, 0.4) is 0 Å². The van der Waals surface area contributed by atoms with E-state index in [4.69, 9.17) is 4.74 Å². The summed E-state index contributed by atoms with van der Waals surface area (Å²) in [5, 5.41) is 8.13. The van der Waals surface area contributed by atoms with Gasteiger partial charge in [0.15, 0.2) is 29.9 Å². The van der Waals surface area contributed by atoms with Crippen LogP contribution in [0.25, 0.3) is 0 Å². The quantitative estimate of drug-likeness (QED) is 0.388. The predicted octanol–water partition coefficient (Wildman–Crippen LogP) is 2.43. The summed E-state index contributed by atoms with van der Waals surface area (Å²) in [7, 11) is 0. The third-order valence-electron chi connectivity index (χ3n) is 5.10. The average Bonchev–Trinajstić information content (AvgIpc) is 2.78. The van der Waals surface area contributed by atoms with Crippen LogP contribution in [-0.2, 0) is 19.1 Å². The van der Waals surface area contributed by atoms with E-state index in [-0.39, 0.29) is 23.5 Å². The van der Waals surface area contributed by atoms with E-state index < -0.39 is 71.5 Å². The van der Waals surface area contributed by atoms with Gasteiger partial charge in [-0.3, -0.25) is 14.9 Å². The number of anilines is 1. The van der Waals surface area contributed by atoms with Gasteiger partial charge >= 0.3 is 12.0 Å². The van der Waals surface area contributed by atoms with Crippen molar-refractivity contribution >= 4 is 35.2 Å². The van der Waals surface area contributed by atoms with Crippen LogP contribution in [-0.4, -0.2) is 42.2 Å². The molecule has 9 nitrogen and oxygen atoms in total. The molecule has 13 heteroatoms. The third-order valence-corrected chi connectivity index (χ3v) is 5.10. The van der Waals surface area contributed by atoms with Gasteiger partial charge in [0.2, 0.25) is 5.91 Å². The Labute approximate surface area is 185 Å². The van der Waals surface area contributed by atoms with E-state index in [2.05, 4.69) is 10.4 Å². The summed E-state index contributed by atoms with van der Waals surface area (Å²) in [6.45, 7) is -0.874. The molecule has 1 saturated carbocycles. The number of urea groups is 1. The van der Waals surface area contributed by atoms with Crippen LogP contribution >= 0.6 is 0 Å². The number of rotatable bonds is 5. The van der Waals surface area contributed by atoms with E-state index in [1.165, 1.54) is 0 Å². The molecular weight excluding hydrogens is 452 g/mol. The first-order chi connectivity index (χ1) is 15.7. The maximum atomic E-state index is 14.0. The molecule has 0 unspecified atom stereocenters. The minimum atomic E-state index is -1.87. The molecule has 0 atom stereocenters. The number of benzene rings is 1. The molecule has 0 spiro atoms. The Morgan fingerprint density at radius 3 is 2.30 bits per heavy atom. The first-order valence-electron chi connectivity index (χ1n) is 10.2. The summed E-state index contributed by atoms with van der Waals surface area (Å²) < 4.78 is 59.7. The van der Waals surface area contributed by atoms with Crippen molar-refractivity contribution in [3.05, 3.63) is 29.3 Å². The van der Waals surface area contributed by atoms with Gasteiger partial charge in [0, 0.05) is 24.9 Å². The van der Waals surface area contributed by atoms with Crippen LogP contribution in [0.5, 0.6) is 0 Å². The molecule has 1 aromatic rings. The number of hydrazone groups is 1. The molecule has 1 heterocycles. The Kier molecular flexibility index (Phi) is 7.61. The Balaban J connectivity index is 1.61. The Morgan fingerprint density at radius 1 is 1.03 bits per heavy atom. The van der Waals surface area contributed by atoms with Gasteiger partial charge in [0.25, 0.3) is 5.91 Å².